The summed E-state index contributed by atoms with van der Waals surface area (Å²) in [4.78, 5) is 23.3. The lowest BCUT2D eigenvalue weighted by molar-refractivity contribution is -0.384. The summed E-state index contributed by atoms with van der Waals surface area (Å²) in [6, 6.07) is 13.5. The van der Waals surface area contributed by atoms with E-state index in [2.05, 4.69) is 10.6 Å². The molecule has 0 aromatic heterocycles. The maximum atomic E-state index is 12.8. The zero-order chi connectivity index (χ0) is 20.9. The summed E-state index contributed by atoms with van der Waals surface area (Å²) in [6.45, 7) is 0.777. The number of hydrogen-bond donors (Lipinski definition) is 2. The number of carbonyl (C=O) groups excluding carboxylic acids is 1. The van der Waals surface area contributed by atoms with E-state index < -0.39 is 21.0 Å². The van der Waals surface area contributed by atoms with Crippen molar-refractivity contribution in [2.24, 2.45) is 0 Å². The lowest BCUT2D eigenvalue weighted by atomic mass is 10.2. The summed E-state index contributed by atoms with van der Waals surface area (Å²) in [7, 11) is -3.74. The normalized spacial score (nSPS) is 17.0. The molecule has 154 valence electrons. The minimum Gasteiger partial charge on any atom is -0.378 e. The van der Waals surface area contributed by atoms with E-state index in [-0.39, 0.29) is 29.6 Å². The number of anilines is 1. The molecular weight excluding hydrogens is 396 g/mol. The minimum atomic E-state index is -3.74. The molecule has 1 unspecified atom stereocenters. The highest BCUT2D eigenvalue weighted by Gasteiger charge is 2.39. The Labute approximate surface area is 168 Å². The van der Waals surface area contributed by atoms with E-state index in [1.54, 1.807) is 36.4 Å². The number of sulfonamides is 1. The molecule has 2 aromatic rings. The van der Waals surface area contributed by atoms with E-state index >= 15 is 0 Å². The largest absolute Gasteiger partial charge is 0.378 e. The van der Waals surface area contributed by atoms with E-state index in [0.29, 0.717) is 25.1 Å². The van der Waals surface area contributed by atoms with Crippen LogP contribution in [0, 0.1) is 10.1 Å². The molecule has 1 aliphatic heterocycles. The molecule has 0 spiro atoms. The summed E-state index contributed by atoms with van der Waals surface area (Å²) in [5.41, 5.74) is 0.315. The lowest BCUT2D eigenvalue weighted by Gasteiger charge is -2.23. The molecule has 9 nitrogen and oxygen atoms in total. The predicted molar refractivity (Wildman–Crippen MR) is 108 cm³/mol. The van der Waals surface area contributed by atoms with Gasteiger partial charge >= 0.3 is 0 Å². The molecule has 0 radical (unpaired) electrons. The molecule has 0 saturated carbocycles. The number of nitro groups is 1. The highest BCUT2D eigenvalue weighted by Crippen LogP contribution is 2.26. The van der Waals surface area contributed by atoms with Crippen LogP contribution in [-0.4, -0.2) is 49.2 Å². The third-order valence-electron chi connectivity index (χ3n) is 4.70. The monoisotopic (exact) mass is 418 g/mol. The van der Waals surface area contributed by atoms with E-state index in [4.69, 9.17) is 0 Å². The minimum absolute atomic E-state index is 0.0465. The SMILES string of the molecule is O=C(NCCNc1ccccc1[N+](=O)[O-])C1CCCN1S(=O)(=O)c1ccccc1. The van der Waals surface area contributed by atoms with Gasteiger partial charge in [-0.2, -0.15) is 4.31 Å². The van der Waals surface area contributed by atoms with Crippen LogP contribution in [0.1, 0.15) is 12.8 Å². The summed E-state index contributed by atoms with van der Waals surface area (Å²) in [5, 5.41) is 16.7. The summed E-state index contributed by atoms with van der Waals surface area (Å²) in [6.07, 6.45) is 1.06. The molecule has 0 bridgehead atoms. The summed E-state index contributed by atoms with van der Waals surface area (Å²) < 4.78 is 26.9. The van der Waals surface area contributed by atoms with Gasteiger partial charge in [0.2, 0.25) is 15.9 Å². The molecule has 3 rings (SSSR count). The van der Waals surface area contributed by atoms with Crippen LogP contribution in [0.15, 0.2) is 59.5 Å². The molecule has 1 amide bonds. The van der Waals surface area contributed by atoms with Crippen molar-refractivity contribution in [1.29, 1.82) is 0 Å². The van der Waals surface area contributed by atoms with Crippen LogP contribution >= 0.6 is 0 Å². The van der Waals surface area contributed by atoms with E-state index in [9.17, 15) is 23.3 Å². The molecule has 1 aliphatic rings. The first-order valence-corrected chi connectivity index (χ1v) is 10.7. The second-order valence-corrected chi connectivity index (χ2v) is 8.47. The Balaban J connectivity index is 1.57. The van der Waals surface area contributed by atoms with Crippen molar-refractivity contribution >= 4 is 27.3 Å². The Morgan fingerprint density at radius 3 is 2.52 bits per heavy atom. The van der Waals surface area contributed by atoms with Gasteiger partial charge in [-0.3, -0.25) is 14.9 Å². The molecule has 1 heterocycles. The van der Waals surface area contributed by atoms with Crippen molar-refractivity contribution in [3.8, 4) is 0 Å². The van der Waals surface area contributed by atoms with Crippen LogP contribution in [0.25, 0.3) is 0 Å². The van der Waals surface area contributed by atoms with Gasteiger partial charge in [0, 0.05) is 25.7 Å². The van der Waals surface area contributed by atoms with E-state index in [0.717, 1.165) is 0 Å². The zero-order valence-corrected chi connectivity index (χ0v) is 16.5. The number of amides is 1. The fourth-order valence-electron chi connectivity index (χ4n) is 3.30. The maximum Gasteiger partial charge on any atom is 0.292 e. The van der Waals surface area contributed by atoms with Crippen molar-refractivity contribution in [1.82, 2.24) is 9.62 Å². The van der Waals surface area contributed by atoms with Crippen LogP contribution in [0.5, 0.6) is 0 Å². The highest BCUT2D eigenvalue weighted by molar-refractivity contribution is 7.89. The fourth-order valence-corrected chi connectivity index (χ4v) is 4.98. The topological polar surface area (TPSA) is 122 Å². The average molecular weight is 418 g/mol. The molecule has 1 atom stereocenters. The van der Waals surface area contributed by atoms with E-state index in [1.807, 2.05) is 0 Å². The number of benzene rings is 2. The number of hydrogen-bond acceptors (Lipinski definition) is 6. The third kappa shape index (κ3) is 4.72. The second kappa shape index (κ2) is 9.01. The van der Waals surface area contributed by atoms with Gasteiger partial charge < -0.3 is 10.6 Å². The number of nitro benzene ring substituents is 1. The number of para-hydroxylation sites is 2. The third-order valence-corrected chi connectivity index (χ3v) is 6.62. The fraction of sp³-hybridized carbons (Fsp3) is 0.316. The molecule has 1 saturated heterocycles. The molecular formula is C19H22N4O5S. The standard InChI is InChI=1S/C19H22N4O5S/c24-19(21-13-12-20-16-9-4-5-10-17(16)23(25)26)18-11-6-14-22(18)29(27,28)15-7-2-1-3-8-15/h1-5,7-10,18,20H,6,11-14H2,(H,21,24). The van der Waals surface area contributed by atoms with Gasteiger partial charge in [0.25, 0.3) is 5.69 Å². The Bertz CT molecular complexity index is 981. The van der Waals surface area contributed by atoms with Crippen molar-refractivity contribution in [3.05, 3.63) is 64.7 Å². The van der Waals surface area contributed by atoms with Gasteiger partial charge in [-0.1, -0.05) is 30.3 Å². The Hall–Kier alpha value is -2.98. The molecule has 29 heavy (non-hydrogen) atoms. The van der Waals surface area contributed by atoms with Crippen LogP contribution in [0.4, 0.5) is 11.4 Å². The van der Waals surface area contributed by atoms with Gasteiger partial charge in [0.15, 0.2) is 0 Å². The van der Waals surface area contributed by atoms with Crippen molar-refractivity contribution in [2.45, 2.75) is 23.8 Å². The summed E-state index contributed by atoms with van der Waals surface area (Å²) >= 11 is 0. The Kier molecular flexibility index (Phi) is 6.45. The smallest absolute Gasteiger partial charge is 0.292 e. The lowest BCUT2D eigenvalue weighted by Crippen LogP contribution is -2.46. The molecule has 1 fully saturated rings. The number of nitrogens with zero attached hydrogens (tertiary/aromatic N) is 2. The van der Waals surface area contributed by atoms with Crippen LogP contribution in [0.2, 0.25) is 0 Å². The quantitative estimate of drug-likeness (QED) is 0.384. The first-order valence-electron chi connectivity index (χ1n) is 9.23. The second-order valence-electron chi connectivity index (χ2n) is 6.58. The van der Waals surface area contributed by atoms with E-state index in [1.165, 1.54) is 22.5 Å². The number of rotatable bonds is 8. The van der Waals surface area contributed by atoms with Gasteiger partial charge in [0.1, 0.15) is 11.7 Å². The predicted octanol–water partition coefficient (Wildman–Crippen LogP) is 1.98. The molecule has 2 aromatic carbocycles. The van der Waals surface area contributed by atoms with Crippen LogP contribution in [-0.2, 0) is 14.8 Å². The molecule has 2 N–H and O–H groups in total. The van der Waals surface area contributed by atoms with Gasteiger partial charge in [-0.25, -0.2) is 8.42 Å². The van der Waals surface area contributed by atoms with Crippen LogP contribution < -0.4 is 10.6 Å². The Morgan fingerprint density at radius 2 is 1.79 bits per heavy atom. The van der Waals surface area contributed by atoms with Crippen LogP contribution in [0.3, 0.4) is 0 Å². The first-order chi connectivity index (χ1) is 13.9. The first kappa shape index (κ1) is 20.7. The zero-order valence-electron chi connectivity index (χ0n) is 15.7. The van der Waals surface area contributed by atoms with Crippen molar-refractivity contribution in [2.75, 3.05) is 25.0 Å². The average Bonchev–Trinajstić information content (AvgIpc) is 3.23. The van der Waals surface area contributed by atoms with Gasteiger partial charge in [-0.15, -0.1) is 0 Å². The number of carbonyl (C=O) groups is 1. The van der Waals surface area contributed by atoms with Crippen molar-refractivity contribution in [3.63, 3.8) is 0 Å². The Morgan fingerprint density at radius 1 is 1.10 bits per heavy atom. The maximum absolute atomic E-state index is 12.8. The number of nitrogens with one attached hydrogen (secondary N) is 2. The molecule has 0 aliphatic carbocycles. The summed E-state index contributed by atoms with van der Waals surface area (Å²) in [5.74, 6) is -0.369. The highest BCUT2D eigenvalue weighted by atomic mass is 32.2. The molecule has 10 heteroatoms. The van der Waals surface area contributed by atoms with Crippen molar-refractivity contribution < 1.29 is 18.1 Å². The van der Waals surface area contributed by atoms with Gasteiger partial charge in [-0.05, 0) is 31.0 Å². The van der Waals surface area contributed by atoms with Gasteiger partial charge in [0.05, 0.1) is 9.82 Å².